The first-order chi connectivity index (χ1) is 19.9. The lowest BCUT2D eigenvalue weighted by atomic mass is 10.1. The summed E-state index contributed by atoms with van der Waals surface area (Å²) in [6, 6.07) is 16.8. The van der Waals surface area contributed by atoms with Gasteiger partial charge in [-0.3, -0.25) is 14.3 Å². The maximum Gasteiger partial charge on any atom is 0.416 e. The van der Waals surface area contributed by atoms with E-state index in [9.17, 15) is 22.8 Å². The average Bonchev–Trinajstić information content (AvgIpc) is 3.48. The van der Waals surface area contributed by atoms with Crippen molar-refractivity contribution in [3.63, 3.8) is 0 Å². The minimum Gasteiger partial charge on any atom is -0.481 e. The molecule has 13 heteroatoms. The first-order valence-corrected chi connectivity index (χ1v) is 13.3. The van der Waals surface area contributed by atoms with Crippen LogP contribution in [0, 0.1) is 0 Å². The number of carboxylic acid groups (broad SMARTS) is 1. The van der Waals surface area contributed by atoms with Crippen LogP contribution in [0.1, 0.15) is 27.9 Å². The van der Waals surface area contributed by atoms with E-state index in [1.54, 1.807) is 64.8 Å². The van der Waals surface area contributed by atoms with E-state index in [1.165, 1.54) is 6.07 Å². The van der Waals surface area contributed by atoms with Crippen molar-refractivity contribution in [3.8, 4) is 22.8 Å². The van der Waals surface area contributed by atoms with Gasteiger partial charge >= 0.3 is 12.1 Å². The molecule has 42 heavy (non-hydrogen) atoms. The second kappa shape index (κ2) is 11.5. The summed E-state index contributed by atoms with van der Waals surface area (Å²) in [7, 11) is 1.63. The Kier molecular flexibility index (Phi) is 7.98. The van der Waals surface area contributed by atoms with Crippen molar-refractivity contribution in [2.24, 2.45) is 7.05 Å². The fourth-order valence-corrected chi connectivity index (χ4v) is 5.00. The lowest BCUT2D eigenvalue weighted by Crippen LogP contribution is -2.25. The van der Waals surface area contributed by atoms with E-state index in [-0.39, 0.29) is 19.5 Å². The van der Waals surface area contributed by atoms with E-state index < -0.39 is 23.6 Å². The highest BCUT2D eigenvalue weighted by Crippen LogP contribution is 2.34. The highest BCUT2D eigenvalue weighted by atomic mass is 35.5. The van der Waals surface area contributed by atoms with Crippen LogP contribution in [0.25, 0.3) is 33.8 Å². The van der Waals surface area contributed by atoms with Crippen molar-refractivity contribution >= 4 is 46.1 Å². The summed E-state index contributed by atoms with van der Waals surface area (Å²) < 4.78 is 43.4. The second-order valence-corrected chi connectivity index (χ2v) is 10.4. The molecule has 0 aliphatic carbocycles. The van der Waals surface area contributed by atoms with Crippen molar-refractivity contribution in [2.75, 3.05) is 6.54 Å². The Hall–Kier alpha value is -4.35. The number of rotatable bonds is 8. The SMILES string of the molecule is Cn1c(-c2cc(-c3cc(Cl)cc(Cl)c3)nn2Cc2ccc(C(=O)NCCC(=O)O)cc2)nc2ccc(C(F)(F)F)cc21. The summed E-state index contributed by atoms with van der Waals surface area (Å²) in [6.45, 7) is 0.243. The lowest BCUT2D eigenvalue weighted by molar-refractivity contribution is -0.138. The van der Waals surface area contributed by atoms with Gasteiger partial charge in [0, 0.05) is 34.8 Å². The molecule has 0 saturated carbocycles. The van der Waals surface area contributed by atoms with Gasteiger partial charge in [0.1, 0.15) is 5.69 Å². The van der Waals surface area contributed by atoms with E-state index >= 15 is 0 Å². The van der Waals surface area contributed by atoms with Crippen LogP contribution < -0.4 is 5.32 Å². The molecule has 3 aromatic carbocycles. The number of benzene rings is 3. The Morgan fingerprint density at radius 1 is 0.976 bits per heavy atom. The van der Waals surface area contributed by atoms with Crippen LogP contribution in [0.2, 0.25) is 10.0 Å². The summed E-state index contributed by atoms with van der Waals surface area (Å²) in [5.41, 5.74) is 2.73. The average molecular weight is 616 g/mol. The van der Waals surface area contributed by atoms with Gasteiger partial charge in [-0.1, -0.05) is 35.3 Å². The van der Waals surface area contributed by atoms with E-state index in [0.29, 0.717) is 49.4 Å². The third-order valence-corrected chi connectivity index (χ3v) is 6.98. The Morgan fingerprint density at radius 2 is 1.67 bits per heavy atom. The lowest BCUT2D eigenvalue weighted by Gasteiger charge is -2.09. The van der Waals surface area contributed by atoms with Gasteiger partial charge < -0.3 is 15.0 Å². The van der Waals surface area contributed by atoms with Crippen LogP contribution in [-0.2, 0) is 24.6 Å². The molecule has 0 aliphatic heterocycles. The summed E-state index contributed by atoms with van der Waals surface area (Å²) in [5, 5.41) is 16.9. The fourth-order valence-electron chi connectivity index (χ4n) is 4.47. The van der Waals surface area contributed by atoms with Gasteiger partial charge in [-0.05, 0) is 60.2 Å². The Labute approximate surface area is 247 Å². The number of carboxylic acids is 1. The number of amides is 1. The highest BCUT2D eigenvalue weighted by Gasteiger charge is 2.31. The normalized spacial score (nSPS) is 11.7. The Balaban J connectivity index is 1.53. The topological polar surface area (TPSA) is 102 Å². The number of carbonyl (C=O) groups is 2. The van der Waals surface area contributed by atoms with E-state index in [0.717, 1.165) is 17.7 Å². The molecule has 0 radical (unpaired) electrons. The standard InChI is InChI=1S/C29H22Cl2F3N5O3/c1-38-24-12-19(29(32,33)34)6-7-22(24)36-27(38)25-14-23(18-10-20(30)13-21(31)11-18)37-39(25)15-16-2-4-17(5-3-16)28(42)35-9-8-26(40)41/h2-7,10-14H,8-9,15H2,1H3,(H,35,42)(H,40,41). The molecule has 2 aromatic heterocycles. The Bertz CT molecular complexity index is 1790. The van der Waals surface area contributed by atoms with Crippen LogP contribution >= 0.6 is 23.2 Å². The monoisotopic (exact) mass is 615 g/mol. The van der Waals surface area contributed by atoms with Gasteiger partial charge in [0.2, 0.25) is 0 Å². The van der Waals surface area contributed by atoms with Crippen molar-refractivity contribution < 1.29 is 27.9 Å². The molecule has 5 aromatic rings. The zero-order chi connectivity index (χ0) is 30.2. The quantitative estimate of drug-likeness (QED) is 0.203. The minimum absolute atomic E-state index is 0.00530. The molecule has 0 fully saturated rings. The van der Waals surface area contributed by atoms with Crippen LogP contribution in [0.15, 0.2) is 66.7 Å². The molecule has 2 heterocycles. The van der Waals surface area contributed by atoms with Crippen LogP contribution in [-0.4, -0.2) is 42.9 Å². The predicted octanol–water partition coefficient (Wildman–Crippen LogP) is 6.68. The summed E-state index contributed by atoms with van der Waals surface area (Å²) in [4.78, 5) is 27.6. The number of carbonyl (C=O) groups excluding carboxylic acids is 1. The number of nitrogens with zero attached hydrogens (tertiary/aromatic N) is 4. The number of aromatic nitrogens is 4. The molecular weight excluding hydrogens is 594 g/mol. The van der Waals surface area contributed by atoms with Crippen LogP contribution in [0.5, 0.6) is 0 Å². The molecule has 216 valence electrons. The van der Waals surface area contributed by atoms with Crippen LogP contribution in [0.3, 0.4) is 0 Å². The number of hydrogen-bond donors (Lipinski definition) is 2. The predicted molar refractivity (Wildman–Crippen MR) is 153 cm³/mol. The fraction of sp³-hybridized carbons (Fsp3) is 0.172. The number of aliphatic carboxylic acids is 1. The molecular formula is C29H22Cl2F3N5O3. The third-order valence-electron chi connectivity index (χ3n) is 6.55. The number of halogens is 5. The second-order valence-electron chi connectivity index (χ2n) is 9.52. The number of nitrogens with one attached hydrogen (secondary N) is 1. The van der Waals surface area contributed by atoms with Gasteiger partial charge in [-0.15, -0.1) is 0 Å². The summed E-state index contributed by atoms with van der Waals surface area (Å²) in [6.07, 6.45) is -4.69. The molecule has 2 N–H and O–H groups in total. The van der Waals surface area contributed by atoms with Gasteiger partial charge in [0.25, 0.3) is 5.91 Å². The maximum absolute atomic E-state index is 13.4. The zero-order valence-electron chi connectivity index (χ0n) is 21.9. The molecule has 0 unspecified atom stereocenters. The molecule has 0 atom stereocenters. The molecule has 5 rings (SSSR count). The number of aryl methyl sites for hydroxylation is 1. The van der Waals surface area contributed by atoms with E-state index in [4.69, 9.17) is 33.4 Å². The number of hydrogen-bond acceptors (Lipinski definition) is 4. The number of alkyl halides is 3. The van der Waals surface area contributed by atoms with Crippen molar-refractivity contribution in [3.05, 3.63) is 93.5 Å². The van der Waals surface area contributed by atoms with Gasteiger partial charge in [0.05, 0.1) is 35.3 Å². The van der Waals surface area contributed by atoms with Crippen molar-refractivity contribution in [1.82, 2.24) is 24.6 Å². The maximum atomic E-state index is 13.4. The highest BCUT2D eigenvalue weighted by molar-refractivity contribution is 6.35. The first kappa shape index (κ1) is 29.2. The molecule has 0 aliphatic rings. The van der Waals surface area contributed by atoms with Gasteiger partial charge in [-0.2, -0.15) is 18.3 Å². The molecule has 0 saturated heterocycles. The Morgan fingerprint density at radius 3 is 2.31 bits per heavy atom. The smallest absolute Gasteiger partial charge is 0.416 e. The van der Waals surface area contributed by atoms with Gasteiger partial charge in [-0.25, -0.2) is 4.98 Å². The molecule has 8 nitrogen and oxygen atoms in total. The number of fused-ring (bicyclic) bond motifs is 1. The van der Waals surface area contributed by atoms with Crippen molar-refractivity contribution in [2.45, 2.75) is 19.1 Å². The first-order valence-electron chi connectivity index (χ1n) is 12.6. The van der Waals surface area contributed by atoms with Crippen molar-refractivity contribution in [1.29, 1.82) is 0 Å². The van der Waals surface area contributed by atoms with Gasteiger partial charge in [0.15, 0.2) is 5.82 Å². The third kappa shape index (κ3) is 6.27. The summed E-state index contributed by atoms with van der Waals surface area (Å²) >= 11 is 12.4. The minimum atomic E-state index is -4.50. The molecule has 0 bridgehead atoms. The molecule has 0 spiro atoms. The number of imidazole rings is 1. The van der Waals surface area contributed by atoms with Crippen LogP contribution in [0.4, 0.5) is 13.2 Å². The largest absolute Gasteiger partial charge is 0.481 e. The molecule has 1 amide bonds. The zero-order valence-corrected chi connectivity index (χ0v) is 23.4. The van der Waals surface area contributed by atoms with E-state index in [2.05, 4.69) is 10.3 Å². The summed E-state index contributed by atoms with van der Waals surface area (Å²) in [5.74, 6) is -1.02. The van der Waals surface area contributed by atoms with E-state index in [1.807, 2.05) is 0 Å².